The highest BCUT2D eigenvalue weighted by molar-refractivity contribution is 8.03. The fourth-order valence-electron chi connectivity index (χ4n) is 3.31. The summed E-state index contributed by atoms with van der Waals surface area (Å²) in [4.78, 5) is 8.15. The van der Waals surface area contributed by atoms with Crippen molar-refractivity contribution >= 4 is 35.0 Å². The molecule has 3 aromatic rings. The van der Waals surface area contributed by atoms with Gasteiger partial charge < -0.3 is 19.4 Å². The lowest BCUT2D eigenvalue weighted by atomic mass is 10.1. The Morgan fingerprint density at radius 2 is 2.15 bits per heavy atom. The van der Waals surface area contributed by atoms with E-state index in [4.69, 9.17) is 9.15 Å². The molecule has 0 atom stereocenters. The Morgan fingerprint density at radius 1 is 1.19 bits per heavy atom. The zero-order chi connectivity index (χ0) is 17.3. The zero-order valence-corrected chi connectivity index (χ0v) is 15.1. The molecular weight excluding hydrogens is 346 g/mol. The normalized spacial score (nSPS) is 18.8. The van der Waals surface area contributed by atoms with Crippen molar-refractivity contribution in [2.45, 2.75) is 6.54 Å². The summed E-state index contributed by atoms with van der Waals surface area (Å²) < 4.78 is 11.9. The summed E-state index contributed by atoms with van der Waals surface area (Å²) >= 11 is 1.86. The van der Waals surface area contributed by atoms with Crippen LogP contribution in [-0.2, 0) is 6.54 Å². The summed E-state index contributed by atoms with van der Waals surface area (Å²) in [7, 11) is 0. The van der Waals surface area contributed by atoms with E-state index in [0.717, 1.165) is 47.9 Å². The topological polar surface area (TPSA) is 50.5 Å². The minimum Gasteiger partial charge on any atom is -0.491 e. The average molecular weight is 365 g/mol. The van der Waals surface area contributed by atoms with Crippen molar-refractivity contribution in [3.05, 3.63) is 58.5 Å². The maximum Gasteiger partial charge on any atom is 0.298 e. The van der Waals surface area contributed by atoms with Gasteiger partial charge in [-0.3, -0.25) is 0 Å². The Hall–Kier alpha value is -2.44. The molecule has 2 aliphatic rings. The molecule has 0 unspecified atom stereocenters. The molecule has 0 spiro atoms. The minimum absolute atomic E-state index is 0.617. The molecular formula is C20H19N3O2S. The number of thioether (sulfide) groups is 1. The van der Waals surface area contributed by atoms with E-state index < -0.39 is 0 Å². The maximum atomic E-state index is 5.95. The first-order valence-corrected chi connectivity index (χ1v) is 9.74. The lowest BCUT2D eigenvalue weighted by Gasteiger charge is -2.17. The molecule has 2 aromatic carbocycles. The highest BCUT2D eigenvalue weighted by Gasteiger charge is 2.20. The maximum absolute atomic E-state index is 5.95. The van der Waals surface area contributed by atoms with Crippen molar-refractivity contribution in [1.29, 1.82) is 0 Å². The number of hydrogen-bond acceptors (Lipinski definition) is 6. The number of hydrogen-bond donors (Lipinski definition) is 1. The predicted octanol–water partition coefficient (Wildman–Crippen LogP) is 3.86. The molecule has 0 saturated carbocycles. The van der Waals surface area contributed by atoms with Gasteiger partial charge in [0, 0.05) is 22.9 Å². The highest BCUT2D eigenvalue weighted by atomic mass is 32.2. The molecule has 5 rings (SSSR count). The summed E-state index contributed by atoms with van der Waals surface area (Å²) in [5.74, 6) is 1.94. The number of para-hydroxylation sites is 2. The molecule has 1 aromatic heterocycles. The van der Waals surface area contributed by atoms with Crippen molar-refractivity contribution in [2.75, 3.05) is 30.5 Å². The third-order valence-corrected chi connectivity index (χ3v) is 5.59. The lowest BCUT2D eigenvalue weighted by molar-refractivity contribution is 0.329. The first kappa shape index (κ1) is 15.8. The van der Waals surface area contributed by atoms with E-state index in [1.807, 2.05) is 36.0 Å². The molecule has 0 amide bonds. The number of fused-ring (bicyclic) bond motifs is 2. The van der Waals surface area contributed by atoms with Gasteiger partial charge in [-0.25, -0.2) is 0 Å². The van der Waals surface area contributed by atoms with E-state index in [1.165, 1.54) is 10.5 Å². The molecule has 1 N–H and O–H groups in total. The van der Waals surface area contributed by atoms with E-state index in [1.54, 1.807) is 0 Å². The van der Waals surface area contributed by atoms with Crippen LogP contribution in [0.5, 0.6) is 5.75 Å². The minimum atomic E-state index is 0.617. The standard InChI is InChI=1S/C20H19N3O2S/c1-2-4-19-17(3-1)22-20(25-19)23-7-8-24-18-6-5-14(9-15(18)12-23)10-16-11-21-13-26-16/h1-6,9-10,21H,7-8,11-13H2. The van der Waals surface area contributed by atoms with E-state index in [-0.39, 0.29) is 0 Å². The smallest absolute Gasteiger partial charge is 0.298 e. The number of nitrogens with one attached hydrogen (secondary N) is 1. The number of benzene rings is 2. The molecule has 0 aliphatic carbocycles. The monoisotopic (exact) mass is 365 g/mol. The van der Waals surface area contributed by atoms with Gasteiger partial charge in [-0.1, -0.05) is 18.2 Å². The molecule has 5 nitrogen and oxygen atoms in total. The Balaban J connectivity index is 1.46. The van der Waals surface area contributed by atoms with Gasteiger partial charge in [-0.05, 0) is 35.9 Å². The lowest BCUT2D eigenvalue weighted by Crippen LogP contribution is -2.25. The molecule has 3 heterocycles. The van der Waals surface area contributed by atoms with Gasteiger partial charge in [-0.15, -0.1) is 11.8 Å². The van der Waals surface area contributed by atoms with Crippen molar-refractivity contribution in [2.24, 2.45) is 0 Å². The second kappa shape index (κ2) is 6.70. The third-order valence-electron chi connectivity index (χ3n) is 4.60. The molecule has 0 bridgehead atoms. The second-order valence-corrected chi connectivity index (χ2v) is 7.53. The summed E-state index contributed by atoms with van der Waals surface area (Å²) in [5.41, 5.74) is 4.07. The first-order chi connectivity index (χ1) is 12.8. The van der Waals surface area contributed by atoms with Crippen LogP contribution >= 0.6 is 11.8 Å². The summed E-state index contributed by atoms with van der Waals surface area (Å²) in [6.07, 6.45) is 2.25. The van der Waals surface area contributed by atoms with Gasteiger partial charge in [0.15, 0.2) is 5.58 Å². The molecule has 1 fully saturated rings. The Bertz CT molecular complexity index is 941. The van der Waals surface area contributed by atoms with E-state index in [9.17, 15) is 0 Å². The van der Waals surface area contributed by atoms with Gasteiger partial charge in [-0.2, -0.15) is 4.98 Å². The van der Waals surface area contributed by atoms with E-state index >= 15 is 0 Å². The third kappa shape index (κ3) is 3.06. The first-order valence-electron chi connectivity index (χ1n) is 8.75. The Kier molecular flexibility index (Phi) is 4.07. The molecule has 0 radical (unpaired) electrons. The summed E-state index contributed by atoms with van der Waals surface area (Å²) in [6, 6.07) is 14.9. The van der Waals surface area contributed by atoms with Gasteiger partial charge in [0.05, 0.1) is 13.1 Å². The van der Waals surface area contributed by atoms with Gasteiger partial charge >= 0.3 is 0 Å². The Morgan fingerprint density at radius 3 is 3.04 bits per heavy atom. The number of aromatic nitrogens is 1. The van der Waals surface area contributed by atoms with E-state index in [0.29, 0.717) is 12.6 Å². The van der Waals surface area contributed by atoms with Crippen LogP contribution in [0.3, 0.4) is 0 Å². The molecule has 6 heteroatoms. The van der Waals surface area contributed by atoms with Gasteiger partial charge in [0.1, 0.15) is 17.9 Å². The van der Waals surface area contributed by atoms with Gasteiger partial charge in [0.25, 0.3) is 6.01 Å². The predicted molar refractivity (Wildman–Crippen MR) is 105 cm³/mol. The second-order valence-electron chi connectivity index (χ2n) is 6.43. The van der Waals surface area contributed by atoms with Crippen molar-refractivity contribution in [3.63, 3.8) is 0 Å². The fraction of sp³-hybridized carbons (Fsp3) is 0.250. The van der Waals surface area contributed by atoms with Crippen LogP contribution in [0.15, 0.2) is 51.8 Å². The van der Waals surface area contributed by atoms with Crippen LogP contribution in [0.2, 0.25) is 0 Å². The fourth-order valence-corrected chi connectivity index (χ4v) is 4.12. The average Bonchev–Trinajstić information content (AvgIpc) is 3.27. The molecule has 2 aliphatic heterocycles. The zero-order valence-electron chi connectivity index (χ0n) is 14.3. The number of anilines is 1. The quantitative estimate of drug-likeness (QED) is 0.744. The van der Waals surface area contributed by atoms with Crippen LogP contribution in [-0.4, -0.2) is 30.6 Å². The largest absolute Gasteiger partial charge is 0.491 e. The number of ether oxygens (including phenoxy) is 1. The van der Waals surface area contributed by atoms with Crippen molar-refractivity contribution < 1.29 is 9.15 Å². The van der Waals surface area contributed by atoms with Crippen molar-refractivity contribution in [3.8, 4) is 5.75 Å². The van der Waals surface area contributed by atoms with Gasteiger partial charge in [0.2, 0.25) is 0 Å². The SMILES string of the molecule is C(=C1CNCS1)c1ccc2c(c1)CN(c1nc3ccccc3o1)CCO2. The number of rotatable bonds is 2. The van der Waals surface area contributed by atoms with Crippen LogP contribution in [0.1, 0.15) is 11.1 Å². The number of oxazole rings is 1. The van der Waals surface area contributed by atoms with E-state index in [2.05, 4.69) is 39.5 Å². The van der Waals surface area contributed by atoms with Crippen molar-refractivity contribution in [1.82, 2.24) is 10.3 Å². The molecule has 26 heavy (non-hydrogen) atoms. The molecule has 132 valence electrons. The van der Waals surface area contributed by atoms with Crippen LogP contribution in [0.25, 0.3) is 17.2 Å². The van der Waals surface area contributed by atoms with Crippen LogP contribution in [0.4, 0.5) is 6.01 Å². The van der Waals surface area contributed by atoms with Crippen LogP contribution in [0, 0.1) is 0 Å². The highest BCUT2D eigenvalue weighted by Crippen LogP contribution is 2.30. The molecule has 1 saturated heterocycles. The summed E-state index contributed by atoms with van der Waals surface area (Å²) in [6.45, 7) is 3.04. The Labute approximate surface area is 156 Å². The number of nitrogens with zero attached hydrogens (tertiary/aromatic N) is 2. The summed E-state index contributed by atoms with van der Waals surface area (Å²) in [5, 5.41) is 3.35. The van der Waals surface area contributed by atoms with Crippen LogP contribution < -0.4 is 15.0 Å².